The average Bonchev–Trinajstić information content (AvgIpc) is 4.04. The molecule has 4 aromatic heterocycles. The predicted molar refractivity (Wildman–Crippen MR) is 236 cm³/mol. The van der Waals surface area contributed by atoms with Gasteiger partial charge in [0.15, 0.2) is 17.5 Å². The van der Waals surface area contributed by atoms with E-state index in [1.165, 1.54) is 12.1 Å². The molecule has 0 N–H and O–H groups in total. The Morgan fingerprint density at radius 2 is 1.18 bits per heavy atom. The van der Waals surface area contributed by atoms with Gasteiger partial charge in [-0.1, -0.05) is 139 Å². The molecule has 0 bridgehead atoms. The van der Waals surface area contributed by atoms with Crippen LogP contribution in [0.2, 0.25) is 0 Å². The fraction of sp³-hybridized carbons (Fsp3) is 0. The second kappa shape index (κ2) is 12.6. The van der Waals surface area contributed by atoms with Gasteiger partial charge in [0.25, 0.3) is 0 Å². The van der Waals surface area contributed by atoms with Crippen LogP contribution in [0.1, 0.15) is 11.0 Å². The number of aromatic nitrogens is 4. The third-order valence-electron chi connectivity index (χ3n) is 10.4. The third-order valence-corrected chi connectivity index (χ3v) is 11.6. The second-order valence-electron chi connectivity index (χ2n) is 13.7. The molecule has 8 aromatic carbocycles. The summed E-state index contributed by atoms with van der Waals surface area (Å²) < 4.78 is 83.2. The molecule has 0 radical (unpaired) electrons. The summed E-state index contributed by atoms with van der Waals surface area (Å²) in [4.78, 5) is 15.3. The van der Waals surface area contributed by atoms with Gasteiger partial charge in [-0.15, -0.1) is 11.3 Å². The Hall–Kier alpha value is -7.41. The van der Waals surface area contributed by atoms with E-state index in [4.69, 9.17) is 24.9 Å². The van der Waals surface area contributed by atoms with E-state index in [0.29, 0.717) is 22.9 Å². The van der Waals surface area contributed by atoms with Crippen LogP contribution in [0, 0.1) is 0 Å². The average molecular weight is 755 g/mol. The van der Waals surface area contributed by atoms with Gasteiger partial charge in [-0.2, -0.15) is 0 Å². The van der Waals surface area contributed by atoms with Crippen LogP contribution in [-0.2, 0) is 0 Å². The zero-order valence-electron chi connectivity index (χ0n) is 37.8. The highest BCUT2D eigenvalue weighted by atomic mass is 32.1. The van der Waals surface area contributed by atoms with Crippen LogP contribution in [0.25, 0.3) is 115 Å². The summed E-state index contributed by atoms with van der Waals surface area (Å²) in [6.45, 7) is 0. The normalized spacial score (nSPS) is 13.8. The Kier molecular flexibility index (Phi) is 5.49. The minimum Gasteiger partial charge on any atom is -0.456 e. The van der Waals surface area contributed by atoms with Crippen molar-refractivity contribution >= 4 is 75.3 Å². The van der Waals surface area contributed by atoms with E-state index in [1.54, 1.807) is 15.9 Å². The van der Waals surface area contributed by atoms with E-state index in [-0.39, 0.29) is 97.9 Å². The molecule has 0 spiro atoms. The summed E-state index contributed by atoms with van der Waals surface area (Å²) in [6, 6.07) is 40.4. The first-order chi connectivity index (χ1) is 31.6. The SMILES string of the molecule is [2H]c1cc([2H])c2oc3c([2H])c4c(c([2H])c3c2c1[2H])c1c([2H])c([2H])cc([2H])c1n4-c1ccc(-c2cccc3c2sc2ccccc23)cc1-c1nc(-c2ccccc2)nc(-c2ccccc2)n1. The molecular weight excluding hydrogens is 717 g/mol. The lowest BCUT2D eigenvalue weighted by molar-refractivity contribution is 0.669. The monoisotopic (exact) mass is 754 g/mol. The number of thiophene rings is 1. The fourth-order valence-corrected chi connectivity index (χ4v) is 9.05. The maximum Gasteiger partial charge on any atom is 0.166 e. The quantitative estimate of drug-likeness (QED) is 0.176. The molecule has 4 heterocycles. The van der Waals surface area contributed by atoms with Crippen molar-refractivity contribution in [1.82, 2.24) is 19.5 Å². The van der Waals surface area contributed by atoms with Crippen molar-refractivity contribution < 1.29 is 15.4 Å². The van der Waals surface area contributed by atoms with Gasteiger partial charge in [-0.25, -0.2) is 15.0 Å². The van der Waals surface area contributed by atoms with Crippen LogP contribution in [0.4, 0.5) is 0 Å². The lowest BCUT2D eigenvalue weighted by Gasteiger charge is -2.16. The molecule has 0 atom stereocenters. The maximum absolute atomic E-state index is 9.89. The maximum atomic E-state index is 9.89. The van der Waals surface area contributed by atoms with Crippen LogP contribution in [-0.4, -0.2) is 19.5 Å². The summed E-state index contributed by atoms with van der Waals surface area (Å²) >= 11 is 1.70. The summed E-state index contributed by atoms with van der Waals surface area (Å²) in [7, 11) is 0. The molecule has 0 fully saturated rings. The molecule has 12 aromatic rings. The number of rotatable bonds is 5. The van der Waals surface area contributed by atoms with Crippen LogP contribution in [0.3, 0.4) is 0 Å². The highest BCUT2D eigenvalue weighted by Gasteiger charge is 2.22. The lowest BCUT2D eigenvalue weighted by atomic mass is 9.99. The van der Waals surface area contributed by atoms with Crippen LogP contribution >= 0.6 is 11.3 Å². The van der Waals surface area contributed by atoms with E-state index in [9.17, 15) is 5.48 Å². The highest BCUT2D eigenvalue weighted by molar-refractivity contribution is 7.26. The number of benzene rings is 8. The van der Waals surface area contributed by atoms with Crippen molar-refractivity contribution in [3.05, 3.63) is 182 Å². The summed E-state index contributed by atoms with van der Waals surface area (Å²) in [5, 5.41) is 2.56. The summed E-state index contributed by atoms with van der Waals surface area (Å²) in [5.74, 6) is 1.11. The highest BCUT2D eigenvalue weighted by Crippen LogP contribution is 2.44. The van der Waals surface area contributed by atoms with Gasteiger partial charge in [-0.3, -0.25) is 0 Å². The summed E-state index contributed by atoms with van der Waals surface area (Å²) in [5.41, 5.74) is 4.42. The number of hydrogen-bond donors (Lipinski definition) is 0. The van der Waals surface area contributed by atoms with Gasteiger partial charge in [0.1, 0.15) is 11.2 Å². The molecule has 0 amide bonds. The van der Waals surface area contributed by atoms with E-state index in [1.807, 2.05) is 97.1 Å². The number of fused-ring (bicyclic) bond motifs is 9. The van der Waals surface area contributed by atoms with E-state index >= 15 is 0 Å². The Morgan fingerprint density at radius 3 is 1.98 bits per heavy atom. The number of hydrogen-bond acceptors (Lipinski definition) is 5. The molecule has 0 saturated carbocycles. The molecule has 0 saturated heterocycles. The van der Waals surface area contributed by atoms with Crippen molar-refractivity contribution in [2.24, 2.45) is 0 Å². The Balaban J connectivity index is 1.25. The Bertz CT molecular complexity index is 3940. The minimum absolute atomic E-state index is 0.0347. The minimum atomic E-state index is -0.260. The van der Waals surface area contributed by atoms with E-state index in [0.717, 1.165) is 42.4 Å². The van der Waals surface area contributed by atoms with Gasteiger partial charge in [0.2, 0.25) is 0 Å². The van der Waals surface area contributed by atoms with Gasteiger partial charge >= 0.3 is 0 Å². The number of para-hydroxylation sites is 2. The lowest BCUT2D eigenvalue weighted by Crippen LogP contribution is -2.04. The van der Waals surface area contributed by atoms with E-state index in [2.05, 4.69) is 24.3 Å². The van der Waals surface area contributed by atoms with Crippen LogP contribution < -0.4 is 0 Å². The second-order valence-corrected chi connectivity index (χ2v) is 14.8. The zero-order valence-corrected chi connectivity index (χ0v) is 30.6. The van der Waals surface area contributed by atoms with Gasteiger partial charge < -0.3 is 8.98 Å². The smallest absolute Gasteiger partial charge is 0.166 e. The molecule has 0 unspecified atom stereocenters. The van der Waals surface area contributed by atoms with Gasteiger partial charge in [-0.05, 0) is 47.5 Å². The van der Waals surface area contributed by atoms with Crippen molar-refractivity contribution in [3.8, 4) is 51.0 Å². The van der Waals surface area contributed by atoms with Gasteiger partial charge in [0, 0.05) is 64.4 Å². The Morgan fingerprint density at radius 1 is 0.474 bits per heavy atom. The van der Waals surface area contributed by atoms with Crippen molar-refractivity contribution in [2.75, 3.05) is 0 Å². The Labute approximate surface area is 342 Å². The fourth-order valence-electron chi connectivity index (χ4n) is 7.81. The van der Waals surface area contributed by atoms with E-state index < -0.39 is 0 Å². The summed E-state index contributed by atoms with van der Waals surface area (Å²) in [6.07, 6.45) is 0. The van der Waals surface area contributed by atoms with Crippen LogP contribution in [0.15, 0.2) is 186 Å². The molecule has 266 valence electrons. The van der Waals surface area contributed by atoms with Crippen molar-refractivity contribution in [1.29, 1.82) is 0 Å². The molecule has 0 aliphatic rings. The molecule has 57 heavy (non-hydrogen) atoms. The first-order valence-electron chi connectivity index (χ1n) is 22.4. The zero-order chi connectivity index (χ0) is 44.4. The molecule has 0 aliphatic heterocycles. The molecule has 0 aliphatic carbocycles. The molecule has 6 heteroatoms. The first-order valence-corrected chi connectivity index (χ1v) is 19.2. The molecule has 5 nitrogen and oxygen atoms in total. The largest absolute Gasteiger partial charge is 0.456 e. The molecular formula is C51H30N4OS. The topological polar surface area (TPSA) is 56.7 Å². The predicted octanol–water partition coefficient (Wildman–Crippen LogP) is 13.9. The standard InChI is InChI=1S/C51H30N4OS/c1-3-14-31(15-4-1)49-52-50(32-16-5-2-6-17-32)54-51(53-49)41-28-33(34-21-13-22-38-37-20-9-12-25-47(37)57-48(34)38)26-27-43(41)55-42-23-10-7-18-35(42)39-29-40-36-19-8-11-24-45(36)56-46(40)30-44(39)55/h1-30H/i7D,8D,18D,19D,23D,24D,29D,30D. The van der Waals surface area contributed by atoms with Crippen molar-refractivity contribution in [2.45, 2.75) is 0 Å². The van der Waals surface area contributed by atoms with Crippen molar-refractivity contribution in [3.63, 3.8) is 0 Å². The van der Waals surface area contributed by atoms with Crippen LogP contribution in [0.5, 0.6) is 0 Å². The molecule has 12 rings (SSSR count). The van der Waals surface area contributed by atoms with Gasteiger partial charge in [0.05, 0.1) is 27.7 Å². The number of furan rings is 1. The first kappa shape index (κ1) is 24.9. The third kappa shape index (κ3) is 5.04. The number of nitrogens with zero attached hydrogens (tertiary/aromatic N) is 4.